The second-order valence-corrected chi connectivity index (χ2v) is 8.39. The molecule has 29 heavy (non-hydrogen) atoms. The van der Waals surface area contributed by atoms with Gasteiger partial charge in [0.1, 0.15) is 0 Å². The van der Waals surface area contributed by atoms with E-state index < -0.39 is 28.7 Å². The van der Waals surface area contributed by atoms with Gasteiger partial charge in [0.2, 0.25) is 15.9 Å². The first-order valence-electron chi connectivity index (χ1n) is 8.67. The lowest BCUT2D eigenvalue weighted by atomic mass is 10.2. The molecule has 156 valence electrons. The number of alkyl halides is 3. The van der Waals surface area contributed by atoms with Gasteiger partial charge in [-0.25, -0.2) is 13.4 Å². The van der Waals surface area contributed by atoms with E-state index in [1.165, 1.54) is 28.7 Å². The summed E-state index contributed by atoms with van der Waals surface area (Å²) >= 11 is 0. The van der Waals surface area contributed by atoms with Crippen LogP contribution in [0.15, 0.2) is 42.6 Å². The zero-order valence-corrected chi connectivity index (χ0v) is 16.0. The van der Waals surface area contributed by atoms with Crippen molar-refractivity contribution in [3.05, 3.63) is 53.7 Å². The van der Waals surface area contributed by atoms with E-state index in [-0.39, 0.29) is 18.2 Å². The smallest absolute Gasteiger partial charge is 0.422 e. The van der Waals surface area contributed by atoms with Gasteiger partial charge < -0.3 is 10.1 Å². The Hall–Kier alpha value is -2.82. The molecule has 0 bridgehead atoms. The van der Waals surface area contributed by atoms with Crippen LogP contribution in [0.2, 0.25) is 0 Å². The van der Waals surface area contributed by atoms with E-state index in [1.54, 1.807) is 18.2 Å². The topological polar surface area (TPSA) is 88.6 Å². The second-order valence-electron chi connectivity index (χ2n) is 6.38. The number of ether oxygens (including phenoxy) is 1. The number of anilines is 1. The predicted octanol–water partition coefficient (Wildman–Crippen LogP) is 2.49. The van der Waals surface area contributed by atoms with Gasteiger partial charge in [0.25, 0.3) is 5.91 Å². The summed E-state index contributed by atoms with van der Waals surface area (Å²) in [6, 6.07) is 9.02. The lowest BCUT2D eigenvalue weighted by Crippen LogP contribution is -2.25. The van der Waals surface area contributed by atoms with Gasteiger partial charge in [0.15, 0.2) is 6.61 Å². The molecule has 1 aliphatic heterocycles. The standard InChI is InChI=1S/C18H18F3N3O4S/c19-18(20,21)12-28-16-10-13(6-7-22-16)11-23-17(25)14-2-4-15(5-3-14)24-8-1-9-29(24,26)27/h2-7,10H,1,8-9,11-12H2,(H,23,25). The van der Waals surface area contributed by atoms with E-state index in [4.69, 9.17) is 0 Å². The van der Waals surface area contributed by atoms with Gasteiger partial charge in [-0.05, 0) is 42.3 Å². The molecule has 0 unspecified atom stereocenters. The molecular formula is C18H18F3N3O4S. The Balaban J connectivity index is 1.58. The summed E-state index contributed by atoms with van der Waals surface area (Å²) in [5.74, 6) is -0.490. The molecule has 1 N–H and O–H groups in total. The molecular weight excluding hydrogens is 411 g/mol. The number of aromatic nitrogens is 1. The third-order valence-electron chi connectivity index (χ3n) is 4.15. The van der Waals surface area contributed by atoms with Crippen LogP contribution in [0.1, 0.15) is 22.3 Å². The number of halogens is 3. The summed E-state index contributed by atoms with van der Waals surface area (Å²) in [5, 5.41) is 2.64. The number of amides is 1. The quantitative estimate of drug-likeness (QED) is 0.762. The third-order valence-corrected chi connectivity index (χ3v) is 6.02. The lowest BCUT2D eigenvalue weighted by molar-refractivity contribution is -0.154. The van der Waals surface area contributed by atoms with Gasteiger partial charge in [-0.2, -0.15) is 13.2 Å². The highest BCUT2D eigenvalue weighted by atomic mass is 32.2. The molecule has 1 aromatic carbocycles. The molecule has 0 spiro atoms. The molecule has 2 heterocycles. The number of benzene rings is 1. The molecule has 0 aliphatic carbocycles. The van der Waals surface area contributed by atoms with Crippen LogP contribution >= 0.6 is 0 Å². The molecule has 1 aromatic heterocycles. The van der Waals surface area contributed by atoms with Crippen LogP contribution in [0.25, 0.3) is 0 Å². The molecule has 11 heteroatoms. The van der Waals surface area contributed by atoms with Gasteiger partial charge in [0.05, 0.1) is 11.4 Å². The van der Waals surface area contributed by atoms with Crippen LogP contribution in [0.3, 0.4) is 0 Å². The molecule has 7 nitrogen and oxygen atoms in total. The molecule has 1 saturated heterocycles. The number of nitrogens with zero attached hydrogens (tertiary/aromatic N) is 2. The van der Waals surface area contributed by atoms with Gasteiger partial charge in [-0.15, -0.1) is 0 Å². The number of nitrogens with one attached hydrogen (secondary N) is 1. The number of carbonyl (C=O) groups excluding carboxylic acids is 1. The summed E-state index contributed by atoms with van der Waals surface area (Å²) in [6.45, 7) is -0.977. The van der Waals surface area contributed by atoms with Crippen molar-refractivity contribution < 1.29 is 31.1 Å². The van der Waals surface area contributed by atoms with Crippen molar-refractivity contribution in [2.24, 2.45) is 0 Å². The minimum absolute atomic E-state index is 0.0615. The molecule has 3 rings (SSSR count). The van der Waals surface area contributed by atoms with Crippen molar-refractivity contribution in [3.63, 3.8) is 0 Å². The van der Waals surface area contributed by atoms with E-state index in [0.717, 1.165) is 0 Å². The summed E-state index contributed by atoms with van der Waals surface area (Å²) in [4.78, 5) is 16.0. The number of sulfonamides is 1. The third kappa shape index (κ3) is 5.59. The predicted molar refractivity (Wildman–Crippen MR) is 99.1 cm³/mol. The fraction of sp³-hybridized carbons (Fsp3) is 0.333. The molecule has 1 amide bonds. The second kappa shape index (κ2) is 8.27. The Morgan fingerprint density at radius 2 is 1.93 bits per heavy atom. The molecule has 1 aliphatic rings. The van der Waals surface area contributed by atoms with Gasteiger partial charge >= 0.3 is 6.18 Å². The van der Waals surface area contributed by atoms with E-state index >= 15 is 0 Å². The largest absolute Gasteiger partial charge is 0.468 e. The maximum Gasteiger partial charge on any atom is 0.422 e. The first kappa shape index (κ1) is 20.9. The fourth-order valence-corrected chi connectivity index (χ4v) is 4.35. The zero-order valence-electron chi connectivity index (χ0n) is 15.1. The molecule has 2 aromatic rings. The van der Waals surface area contributed by atoms with Crippen LogP contribution in [-0.4, -0.2) is 44.4 Å². The Morgan fingerprint density at radius 3 is 2.55 bits per heavy atom. The lowest BCUT2D eigenvalue weighted by Gasteiger charge is -2.17. The Labute approximate surface area is 165 Å². The van der Waals surface area contributed by atoms with Gasteiger partial charge in [0, 0.05) is 30.9 Å². The molecule has 0 radical (unpaired) electrons. The highest BCUT2D eigenvalue weighted by Crippen LogP contribution is 2.24. The summed E-state index contributed by atoms with van der Waals surface area (Å²) in [6.07, 6.45) is -2.61. The van der Waals surface area contributed by atoms with Gasteiger partial charge in [-0.1, -0.05) is 0 Å². The normalized spacial score (nSPS) is 15.9. The maximum atomic E-state index is 12.3. The molecule has 1 fully saturated rings. The minimum Gasteiger partial charge on any atom is -0.468 e. The van der Waals surface area contributed by atoms with E-state index in [0.29, 0.717) is 29.8 Å². The number of rotatable bonds is 6. The summed E-state index contributed by atoms with van der Waals surface area (Å²) in [7, 11) is -3.29. The van der Waals surface area contributed by atoms with Crippen LogP contribution in [0.5, 0.6) is 5.88 Å². The first-order valence-corrected chi connectivity index (χ1v) is 10.3. The molecule has 0 atom stereocenters. The van der Waals surface area contributed by atoms with E-state index in [2.05, 4.69) is 15.0 Å². The maximum absolute atomic E-state index is 12.3. The van der Waals surface area contributed by atoms with Crippen LogP contribution in [0, 0.1) is 0 Å². The molecule has 0 saturated carbocycles. The monoisotopic (exact) mass is 429 g/mol. The number of pyridine rings is 1. The Kier molecular flexibility index (Phi) is 5.96. The average molecular weight is 429 g/mol. The first-order chi connectivity index (χ1) is 13.6. The summed E-state index contributed by atoms with van der Waals surface area (Å²) < 4.78 is 66.4. The summed E-state index contributed by atoms with van der Waals surface area (Å²) in [5.41, 5.74) is 1.35. The van der Waals surface area contributed by atoms with Crippen LogP contribution < -0.4 is 14.4 Å². The van der Waals surface area contributed by atoms with Crippen molar-refractivity contribution in [2.45, 2.75) is 19.1 Å². The highest BCUT2D eigenvalue weighted by molar-refractivity contribution is 7.93. The van der Waals surface area contributed by atoms with Crippen molar-refractivity contribution in [1.82, 2.24) is 10.3 Å². The Bertz CT molecular complexity index is 979. The van der Waals surface area contributed by atoms with Crippen molar-refractivity contribution in [1.29, 1.82) is 0 Å². The zero-order chi connectivity index (χ0) is 21.1. The number of hydrogen-bond acceptors (Lipinski definition) is 5. The van der Waals surface area contributed by atoms with Crippen LogP contribution in [-0.2, 0) is 16.6 Å². The SMILES string of the molecule is O=C(NCc1ccnc(OCC(F)(F)F)c1)c1ccc(N2CCCS2(=O)=O)cc1. The Morgan fingerprint density at radius 1 is 1.21 bits per heavy atom. The number of hydrogen-bond donors (Lipinski definition) is 1. The highest BCUT2D eigenvalue weighted by Gasteiger charge is 2.29. The van der Waals surface area contributed by atoms with E-state index in [9.17, 15) is 26.4 Å². The van der Waals surface area contributed by atoms with Crippen LogP contribution in [0.4, 0.5) is 18.9 Å². The van der Waals surface area contributed by atoms with Crippen molar-refractivity contribution in [3.8, 4) is 5.88 Å². The van der Waals surface area contributed by atoms with Crippen molar-refractivity contribution >= 4 is 21.6 Å². The fourth-order valence-electron chi connectivity index (χ4n) is 2.79. The van der Waals surface area contributed by atoms with E-state index in [1.807, 2.05) is 0 Å². The van der Waals surface area contributed by atoms with Crippen molar-refractivity contribution in [2.75, 3.05) is 23.2 Å². The van der Waals surface area contributed by atoms with Gasteiger partial charge in [-0.3, -0.25) is 9.10 Å². The average Bonchev–Trinajstić information content (AvgIpc) is 3.03. The number of carbonyl (C=O) groups is 1. The minimum atomic E-state index is -4.47.